The summed E-state index contributed by atoms with van der Waals surface area (Å²) in [7, 11) is 1.86. The molecule has 0 spiro atoms. The van der Waals surface area contributed by atoms with E-state index < -0.39 is 0 Å². The highest BCUT2D eigenvalue weighted by Gasteiger charge is 2.15. The molecular formula is C15H24N2O. The summed E-state index contributed by atoms with van der Waals surface area (Å²) in [6.45, 7) is 7.24. The number of anilines is 1. The van der Waals surface area contributed by atoms with E-state index in [4.69, 9.17) is 0 Å². The number of nitrogens with one attached hydrogen (secondary N) is 1. The van der Waals surface area contributed by atoms with E-state index in [2.05, 4.69) is 26.1 Å². The van der Waals surface area contributed by atoms with E-state index >= 15 is 0 Å². The lowest BCUT2D eigenvalue weighted by atomic mass is 10.1. The van der Waals surface area contributed by atoms with Gasteiger partial charge in [0.1, 0.15) is 0 Å². The molecule has 0 fully saturated rings. The third-order valence-corrected chi connectivity index (χ3v) is 3.28. The summed E-state index contributed by atoms with van der Waals surface area (Å²) < 4.78 is 0. The Morgan fingerprint density at radius 1 is 1.28 bits per heavy atom. The molecule has 1 atom stereocenters. The van der Waals surface area contributed by atoms with Crippen LogP contribution in [0.1, 0.15) is 44.0 Å². The maximum Gasteiger partial charge on any atom is 0.253 e. The Kier molecular flexibility index (Phi) is 5.69. The monoisotopic (exact) mass is 248 g/mol. The number of hydrogen-bond acceptors (Lipinski definition) is 2. The number of benzene rings is 1. The highest BCUT2D eigenvalue weighted by atomic mass is 16.2. The first-order valence-electron chi connectivity index (χ1n) is 6.71. The Labute approximate surface area is 110 Å². The van der Waals surface area contributed by atoms with E-state index in [1.807, 2.05) is 31.3 Å². The lowest BCUT2D eigenvalue weighted by molar-refractivity contribution is 0.0740. The van der Waals surface area contributed by atoms with Crippen molar-refractivity contribution in [1.82, 2.24) is 4.90 Å². The predicted octanol–water partition coefficient (Wildman–Crippen LogP) is 3.38. The van der Waals surface area contributed by atoms with E-state index in [1.54, 1.807) is 4.90 Å². The van der Waals surface area contributed by atoms with Crippen LogP contribution >= 0.6 is 0 Å². The Bertz CT molecular complexity index is 373. The molecule has 3 nitrogen and oxygen atoms in total. The van der Waals surface area contributed by atoms with Gasteiger partial charge in [-0.3, -0.25) is 4.79 Å². The van der Waals surface area contributed by atoms with Crippen LogP contribution in [0.3, 0.4) is 0 Å². The molecule has 0 saturated heterocycles. The smallest absolute Gasteiger partial charge is 0.253 e. The summed E-state index contributed by atoms with van der Waals surface area (Å²) >= 11 is 0. The Hall–Kier alpha value is -1.51. The molecule has 1 aromatic carbocycles. The van der Waals surface area contributed by atoms with Gasteiger partial charge in [-0.2, -0.15) is 0 Å². The van der Waals surface area contributed by atoms with Crippen LogP contribution in [-0.2, 0) is 0 Å². The number of hydrogen-bond donors (Lipinski definition) is 1. The molecule has 0 bridgehead atoms. The minimum absolute atomic E-state index is 0.0893. The molecule has 1 rings (SSSR count). The fraction of sp³-hybridized carbons (Fsp3) is 0.533. The Morgan fingerprint density at radius 2 is 1.89 bits per heavy atom. The first-order chi connectivity index (χ1) is 8.60. The van der Waals surface area contributed by atoms with Gasteiger partial charge in [0, 0.05) is 30.9 Å². The van der Waals surface area contributed by atoms with Gasteiger partial charge in [0.05, 0.1) is 0 Å². The number of carbonyl (C=O) groups is 1. The topological polar surface area (TPSA) is 32.3 Å². The molecule has 0 radical (unpaired) electrons. The van der Waals surface area contributed by atoms with Crippen molar-refractivity contribution in [3.05, 3.63) is 29.8 Å². The zero-order valence-corrected chi connectivity index (χ0v) is 11.9. The molecule has 1 unspecified atom stereocenters. The second-order valence-corrected chi connectivity index (χ2v) is 4.68. The van der Waals surface area contributed by atoms with E-state index in [-0.39, 0.29) is 11.9 Å². The standard InChI is InChI=1S/C15H24N2O/c1-5-11-16-14-9-7-13(8-10-14)15(18)17(4)12(3)6-2/h7-10,12,16H,5-6,11H2,1-4H3. The van der Waals surface area contributed by atoms with Crippen molar-refractivity contribution in [2.24, 2.45) is 0 Å². The van der Waals surface area contributed by atoms with E-state index in [1.165, 1.54) is 0 Å². The van der Waals surface area contributed by atoms with Gasteiger partial charge < -0.3 is 10.2 Å². The van der Waals surface area contributed by atoms with Crippen LogP contribution < -0.4 is 5.32 Å². The predicted molar refractivity (Wildman–Crippen MR) is 77.1 cm³/mol. The molecule has 0 heterocycles. The highest BCUT2D eigenvalue weighted by Crippen LogP contribution is 2.13. The van der Waals surface area contributed by atoms with Gasteiger partial charge in [-0.1, -0.05) is 13.8 Å². The van der Waals surface area contributed by atoms with Crippen LogP contribution in [0.25, 0.3) is 0 Å². The number of carbonyl (C=O) groups excluding carboxylic acids is 1. The molecule has 1 aromatic rings. The van der Waals surface area contributed by atoms with Crippen LogP contribution in [0.15, 0.2) is 24.3 Å². The second kappa shape index (κ2) is 7.04. The highest BCUT2D eigenvalue weighted by molar-refractivity contribution is 5.94. The fourth-order valence-electron chi connectivity index (χ4n) is 1.68. The van der Waals surface area contributed by atoms with Crippen LogP contribution in [-0.4, -0.2) is 30.4 Å². The van der Waals surface area contributed by atoms with Gasteiger partial charge in [0.2, 0.25) is 0 Å². The zero-order valence-electron chi connectivity index (χ0n) is 11.9. The summed E-state index contributed by atoms with van der Waals surface area (Å²) in [5.41, 5.74) is 1.82. The van der Waals surface area contributed by atoms with Crippen molar-refractivity contribution in [2.75, 3.05) is 18.9 Å². The zero-order chi connectivity index (χ0) is 13.5. The third-order valence-electron chi connectivity index (χ3n) is 3.28. The molecule has 0 aromatic heterocycles. The van der Waals surface area contributed by atoms with Gasteiger partial charge in [0.25, 0.3) is 5.91 Å². The van der Waals surface area contributed by atoms with Crippen molar-refractivity contribution in [3.63, 3.8) is 0 Å². The van der Waals surface area contributed by atoms with Gasteiger partial charge in [-0.15, -0.1) is 0 Å². The first kappa shape index (κ1) is 14.6. The normalized spacial score (nSPS) is 12.0. The lowest BCUT2D eigenvalue weighted by Crippen LogP contribution is -2.34. The fourth-order valence-corrected chi connectivity index (χ4v) is 1.68. The van der Waals surface area contributed by atoms with Crippen LogP contribution in [0, 0.1) is 0 Å². The van der Waals surface area contributed by atoms with Crippen LogP contribution in [0.4, 0.5) is 5.69 Å². The quantitative estimate of drug-likeness (QED) is 0.837. The maximum absolute atomic E-state index is 12.2. The minimum atomic E-state index is 0.0893. The maximum atomic E-state index is 12.2. The average Bonchev–Trinajstić information content (AvgIpc) is 2.43. The van der Waals surface area contributed by atoms with E-state index in [0.717, 1.165) is 30.6 Å². The molecule has 0 aliphatic carbocycles. The van der Waals surface area contributed by atoms with Crippen LogP contribution in [0.2, 0.25) is 0 Å². The van der Waals surface area contributed by atoms with Gasteiger partial charge in [-0.25, -0.2) is 0 Å². The number of amides is 1. The Balaban J connectivity index is 2.69. The van der Waals surface area contributed by atoms with Crippen LogP contribution in [0.5, 0.6) is 0 Å². The largest absolute Gasteiger partial charge is 0.385 e. The van der Waals surface area contributed by atoms with Crippen molar-refractivity contribution in [3.8, 4) is 0 Å². The van der Waals surface area contributed by atoms with E-state index in [0.29, 0.717) is 0 Å². The lowest BCUT2D eigenvalue weighted by Gasteiger charge is -2.23. The second-order valence-electron chi connectivity index (χ2n) is 4.68. The third kappa shape index (κ3) is 3.76. The summed E-state index contributed by atoms with van der Waals surface area (Å²) in [5.74, 6) is 0.0893. The van der Waals surface area contributed by atoms with Crippen molar-refractivity contribution in [1.29, 1.82) is 0 Å². The summed E-state index contributed by atoms with van der Waals surface area (Å²) in [5, 5.41) is 3.30. The molecule has 0 aliphatic rings. The van der Waals surface area contributed by atoms with Gasteiger partial charge in [0.15, 0.2) is 0 Å². The average molecular weight is 248 g/mol. The first-order valence-corrected chi connectivity index (χ1v) is 6.71. The summed E-state index contributed by atoms with van der Waals surface area (Å²) in [4.78, 5) is 14.0. The molecule has 100 valence electrons. The van der Waals surface area contributed by atoms with Gasteiger partial charge in [-0.05, 0) is 44.0 Å². The molecule has 3 heteroatoms. The van der Waals surface area contributed by atoms with Crippen molar-refractivity contribution in [2.45, 2.75) is 39.7 Å². The van der Waals surface area contributed by atoms with Gasteiger partial charge >= 0.3 is 0 Å². The molecule has 0 aliphatic heterocycles. The minimum Gasteiger partial charge on any atom is -0.385 e. The summed E-state index contributed by atoms with van der Waals surface area (Å²) in [6.07, 6.45) is 2.07. The van der Waals surface area contributed by atoms with Crippen molar-refractivity contribution < 1.29 is 4.79 Å². The number of rotatable bonds is 6. The molecule has 1 amide bonds. The summed E-state index contributed by atoms with van der Waals surface area (Å²) in [6, 6.07) is 7.98. The molecule has 18 heavy (non-hydrogen) atoms. The number of nitrogens with zero attached hydrogens (tertiary/aromatic N) is 1. The van der Waals surface area contributed by atoms with E-state index in [9.17, 15) is 4.79 Å². The molecule has 0 saturated carbocycles. The molecular weight excluding hydrogens is 224 g/mol. The van der Waals surface area contributed by atoms with Crippen molar-refractivity contribution >= 4 is 11.6 Å². The molecule has 1 N–H and O–H groups in total. The Morgan fingerprint density at radius 3 is 2.39 bits per heavy atom. The SMILES string of the molecule is CCCNc1ccc(C(=O)N(C)C(C)CC)cc1.